The molecule has 0 spiro atoms. The van der Waals surface area contributed by atoms with E-state index in [0.717, 1.165) is 48.5 Å². The van der Waals surface area contributed by atoms with Crippen molar-refractivity contribution in [2.24, 2.45) is 9.98 Å². The number of aryl methyl sites for hydroxylation is 4. The first kappa shape index (κ1) is 21.8. The van der Waals surface area contributed by atoms with Gasteiger partial charge in [-0.05, 0) is 99.6 Å². The third-order valence-electron chi connectivity index (χ3n) is 4.50. The maximum absolute atomic E-state index is 5.05. The summed E-state index contributed by atoms with van der Waals surface area (Å²) in [4.78, 5) is 10.1. The fraction of sp³-hybridized carbons (Fsp3) is 0.385. The molecule has 2 nitrogen and oxygen atoms in total. The van der Waals surface area contributed by atoms with E-state index in [0.29, 0.717) is 0 Å². The number of hydrogen-bond donors (Lipinski definition) is 0. The van der Waals surface area contributed by atoms with Crippen molar-refractivity contribution in [3.05, 3.63) is 70.8 Å². The van der Waals surface area contributed by atoms with Crippen molar-refractivity contribution in [1.82, 2.24) is 0 Å². The van der Waals surface area contributed by atoms with Gasteiger partial charge in [-0.1, -0.05) is 38.5 Å². The Morgan fingerprint density at radius 2 is 1.25 bits per heavy atom. The van der Waals surface area contributed by atoms with Crippen molar-refractivity contribution in [2.45, 2.75) is 67.2 Å². The molecule has 148 valence electrons. The van der Waals surface area contributed by atoms with E-state index in [1.54, 1.807) is 0 Å². The Labute approximate surface area is 171 Å². The Hall–Kier alpha value is -2.48. The molecule has 0 unspecified atom stereocenters. The topological polar surface area (TPSA) is 24.7 Å². The van der Waals surface area contributed by atoms with Gasteiger partial charge < -0.3 is 0 Å². The van der Waals surface area contributed by atoms with Gasteiger partial charge in [0.15, 0.2) is 0 Å². The van der Waals surface area contributed by atoms with Crippen LogP contribution in [-0.4, -0.2) is 11.4 Å². The summed E-state index contributed by atoms with van der Waals surface area (Å²) in [5, 5.41) is 0. The molecule has 0 saturated carbocycles. The van der Waals surface area contributed by atoms with Crippen molar-refractivity contribution in [3.63, 3.8) is 0 Å². The van der Waals surface area contributed by atoms with E-state index in [2.05, 4.69) is 90.1 Å². The van der Waals surface area contributed by atoms with Crippen molar-refractivity contribution >= 4 is 22.8 Å². The van der Waals surface area contributed by atoms with Crippen LogP contribution in [0.5, 0.6) is 0 Å². The molecule has 0 aliphatic carbocycles. The third-order valence-corrected chi connectivity index (χ3v) is 4.50. The number of nitrogens with zero attached hydrogens (tertiary/aromatic N) is 2. The molecule has 2 aromatic carbocycles. The molecule has 0 aromatic heterocycles. The predicted octanol–water partition coefficient (Wildman–Crippen LogP) is 7.92. The first-order valence-corrected chi connectivity index (χ1v) is 10.4. The largest absolute Gasteiger partial charge is 0.251 e. The third kappa shape index (κ3) is 6.92. The highest BCUT2D eigenvalue weighted by Crippen LogP contribution is 2.21. The lowest BCUT2D eigenvalue weighted by molar-refractivity contribution is 0.838. The maximum Gasteiger partial charge on any atom is 0.0848 e. The van der Waals surface area contributed by atoms with Crippen LogP contribution in [0.25, 0.3) is 0 Å². The van der Waals surface area contributed by atoms with E-state index in [1.165, 1.54) is 22.3 Å². The van der Waals surface area contributed by atoms with E-state index >= 15 is 0 Å². The molecule has 0 radical (unpaired) electrons. The molecule has 0 bridgehead atoms. The highest BCUT2D eigenvalue weighted by molar-refractivity contribution is 6.47. The monoisotopic (exact) mass is 374 g/mol. The Balaban J connectivity index is 2.56. The van der Waals surface area contributed by atoms with Crippen LogP contribution >= 0.6 is 0 Å². The van der Waals surface area contributed by atoms with Gasteiger partial charge in [0.05, 0.1) is 22.8 Å². The van der Waals surface area contributed by atoms with Crippen molar-refractivity contribution < 1.29 is 0 Å². The molecule has 0 aliphatic rings. The zero-order valence-electron chi connectivity index (χ0n) is 18.3. The summed E-state index contributed by atoms with van der Waals surface area (Å²) >= 11 is 0. The first-order valence-electron chi connectivity index (χ1n) is 10.4. The summed E-state index contributed by atoms with van der Waals surface area (Å²) in [6, 6.07) is 12.9. The fourth-order valence-electron chi connectivity index (χ4n) is 3.34. The standard InChI is InChI=1S/C26H34N2/c1-7-9-11-25(27-23-15-19(3)13-20(4)16-23)26(12-10-8-2)28-24-17-21(5)14-22(6)18-24/h9,11,13-18H,7-8,10,12H2,1-6H3. The zero-order chi connectivity index (χ0) is 20.5. The van der Waals surface area contributed by atoms with E-state index in [-0.39, 0.29) is 0 Å². The Morgan fingerprint density at radius 3 is 1.71 bits per heavy atom. The average Bonchev–Trinajstić information content (AvgIpc) is 2.60. The van der Waals surface area contributed by atoms with Crippen LogP contribution in [0.1, 0.15) is 61.8 Å². The fourth-order valence-corrected chi connectivity index (χ4v) is 3.34. The van der Waals surface area contributed by atoms with Gasteiger partial charge in [-0.25, -0.2) is 4.99 Å². The van der Waals surface area contributed by atoms with Gasteiger partial charge in [0.2, 0.25) is 0 Å². The molecule has 2 aromatic rings. The van der Waals surface area contributed by atoms with E-state index in [4.69, 9.17) is 9.98 Å². The van der Waals surface area contributed by atoms with Crippen LogP contribution < -0.4 is 0 Å². The second-order valence-corrected chi connectivity index (χ2v) is 7.66. The molecule has 0 N–H and O–H groups in total. The Kier molecular flexibility index (Phi) is 8.38. The molecule has 28 heavy (non-hydrogen) atoms. The second kappa shape index (κ2) is 10.8. The normalized spacial score (nSPS) is 12.8. The minimum atomic E-state index is 0.932. The van der Waals surface area contributed by atoms with Gasteiger partial charge in [0.1, 0.15) is 0 Å². The molecule has 0 fully saturated rings. The number of unbranched alkanes of at least 4 members (excludes halogenated alkanes) is 1. The molecule has 0 heterocycles. The lowest BCUT2D eigenvalue weighted by Gasteiger charge is -2.09. The second-order valence-electron chi connectivity index (χ2n) is 7.66. The van der Waals surface area contributed by atoms with Crippen LogP contribution in [0.4, 0.5) is 11.4 Å². The highest BCUT2D eigenvalue weighted by atomic mass is 14.8. The molecule has 2 heteroatoms. The molecule has 0 saturated heterocycles. The minimum absolute atomic E-state index is 0.932. The average molecular weight is 375 g/mol. The van der Waals surface area contributed by atoms with Crippen molar-refractivity contribution in [3.8, 4) is 0 Å². The number of hydrogen-bond acceptors (Lipinski definition) is 2. The first-order chi connectivity index (χ1) is 13.4. The molecule has 2 rings (SSSR count). The maximum atomic E-state index is 5.05. The van der Waals surface area contributed by atoms with Crippen LogP contribution in [0, 0.1) is 27.7 Å². The lowest BCUT2D eigenvalue weighted by atomic mass is 10.1. The molecule has 0 atom stereocenters. The van der Waals surface area contributed by atoms with E-state index in [9.17, 15) is 0 Å². The molecule has 0 amide bonds. The quantitative estimate of drug-likeness (QED) is 0.419. The number of aliphatic imine (C=N–C) groups is 2. The summed E-state index contributed by atoms with van der Waals surface area (Å²) in [6.45, 7) is 12.9. The lowest BCUT2D eigenvalue weighted by Crippen LogP contribution is -2.12. The Morgan fingerprint density at radius 1 is 0.750 bits per heavy atom. The highest BCUT2D eigenvalue weighted by Gasteiger charge is 2.08. The van der Waals surface area contributed by atoms with Gasteiger partial charge in [0, 0.05) is 0 Å². The van der Waals surface area contributed by atoms with Gasteiger partial charge in [0.25, 0.3) is 0 Å². The molecule has 0 aliphatic heterocycles. The summed E-state index contributed by atoms with van der Waals surface area (Å²) in [5.41, 5.74) is 9.00. The van der Waals surface area contributed by atoms with Gasteiger partial charge >= 0.3 is 0 Å². The van der Waals surface area contributed by atoms with E-state index < -0.39 is 0 Å². The summed E-state index contributed by atoms with van der Waals surface area (Å²) < 4.78 is 0. The summed E-state index contributed by atoms with van der Waals surface area (Å²) in [7, 11) is 0. The Bertz CT molecular complexity index is 845. The number of rotatable bonds is 8. The number of allylic oxidation sites excluding steroid dienone is 2. The van der Waals surface area contributed by atoms with Crippen LogP contribution in [0.2, 0.25) is 0 Å². The van der Waals surface area contributed by atoms with Gasteiger partial charge in [-0.15, -0.1) is 0 Å². The summed E-state index contributed by atoms with van der Waals surface area (Å²) in [5.74, 6) is 0. The smallest absolute Gasteiger partial charge is 0.0848 e. The van der Waals surface area contributed by atoms with Crippen LogP contribution in [0.3, 0.4) is 0 Å². The van der Waals surface area contributed by atoms with Crippen LogP contribution in [0.15, 0.2) is 58.5 Å². The zero-order valence-corrected chi connectivity index (χ0v) is 18.3. The SMILES string of the molecule is CCC=CC(=Nc1cc(C)cc(C)c1)C(CCCC)=Nc1cc(C)cc(C)c1. The number of benzene rings is 2. The van der Waals surface area contributed by atoms with Gasteiger partial charge in [-0.3, -0.25) is 4.99 Å². The van der Waals surface area contributed by atoms with Crippen molar-refractivity contribution in [2.75, 3.05) is 0 Å². The minimum Gasteiger partial charge on any atom is -0.251 e. The molecular weight excluding hydrogens is 340 g/mol. The van der Waals surface area contributed by atoms with Gasteiger partial charge in [-0.2, -0.15) is 0 Å². The predicted molar refractivity (Wildman–Crippen MR) is 125 cm³/mol. The van der Waals surface area contributed by atoms with E-state index in [1.807, 2.05) is 0 Å². The molecular formula is C26H34N2. The van der Waals surface area contributed by atoms with Crippen LogP contribution in [-0.2, 0) is 0 Å². The summed E-state index contributed by atoms with van der Waals surface area (Å²) in [6.07, 6.45) is 8.46. The van der Waals surface area contributed by atoms with Crippen molar-refractivity contribution in [1.29, 1.82) is 0 Å².